The Labute approximate surface area is 320 Å². The van der Waals surface area contributed by atoms with Gasteiger partial charge in [0.1, 0.15) is 6.29 Å². The number of aliphatic hydroxyl groups is 1. The second-order valence-corrected chi connectivity index (χ2v) is 14.1. The number of nitrogens with one attached hydrogen (secondary N) is 1. The summed E-state index contributed by atoms with van der Waals surface area (Å²) in [5.41, 5.74) is 0.0591. The van der Waals surface area contributed by atoms with Crippen molar-refractivity contribution in [1.82, 2.24) is 9.80 Å². The summed E-state index contributed by atoms with van der Waals surface area (Å²) in [7, 11) is 1.48. The molecule has 4 rings (SSSR count). The molecule has 16 heteroatoms. The molecule has 0 saturated carbocycles. The van der Waals surface area contributed by atoms with Crippen LogP contribution in [-0.4, -0.2) is 90.9 Å². The largest absolute Gasteiger partial charge is 0.416 e. The van der Waals surface area contributed by atoms with Gasteiger partial charge in [0.2, 0.25) is 0 Å². The topological polar surface area (TPSA) is 108 Å². The summed E-state index contributed by atoms with van der Waals surface area (Å²) in [6, 6.07) is 3.47. The molecule has 2 aliphatic heterocycles. The molecule has 0 aromatic heterocycles. The average molecular weight is 797 g/mol. The second kappa shape index (κ2) is 18.1. The fourth-order valence-corrected chi connectivity index (χ4v) is 6.69. The first kappa shape index (κ1) is 44.2. The highest BCUT2D eigenvalue weighted by Gasteiger charge is 2.47. The molecule has 2 aromatic rings. The number of ether oxygens (including phenoxy) is 1. The summed E-state index contributed by atoms with van der Waals surface area (Å²) in [5.74, 6) is 0.791. The number of nitrogens with zero attached hydrogens (tertiary/aromatic N) is 2. The Morgan fingerprint density at radius 2 is 1.79 bits per heavy atom. The zero-order valence-electron chi connectivity index (χ0n) is 31.3. The van der Waals surface area contributed by atoms with Gasteiger partial charge in [-0.1, -0.05) is 37.0 Å². The number of ketones is 1. The molecule has 304 valence electrons. The number of hydrogen-bond acceptors (Lipinski definition) is 8. The SMILES string of the molecule is CC(/C=C(\CC/C=C/N)C(F)(F)F)c1cc(C(F)(F)F)ccc1NC(O)C1=C(C=O)C(C)(C)N(C)C(Cc2ccc(C#CCN3CCOCC3)c(F)c2F)C1=O. The van der Waals surface area contributed by atoms with Gasteiger partial charge in [-0.2, -0.15) is 26.3 Å². The maximum absolute atomic E-state index is 15.5. The maximum atomic E-state index is 15.5. The lowest BCUT2D eigenvalue weighted by atomic mass is 9.78. The van der Waals surface area contributed by atoms with E-state index in [1.165, 1.54) is 37.1 Å². The van der Waals surface area contributed by atoms with Crippen molar-refractivity contribution < 1.29 is 54.6 Å². The number of benzene rings is 2. The molecule has 4 N–H and O–H groups in total. The van der Waals surface area contributed by atoms with E-state index >= 15 is 8.78 Å². The number of anilines is 1. The number of carbonyl (C=O) groups is 2. The standard InChI is InChI=1S/C40H44F8N4O4/c1-24(20-27(39(43,44)45)9-5-6-14-49)29-22-28(40(46,47)48)12-13-31(29)50-37(55)33-30(23-53)38(2,3)51(4)32(36(33)54)21-26-11-10-25(34(41)35(26)42)8-7-15-52-16-18-56-19-17-52/h6,10-14,20,22-24,32,37,50,55H,5,9,15-19,21,49H2,1-4H3/b14-6+,27-20+. The number of morpholine rings is 1. The van der Waals surface area contributed by atoms with Crippen LogP contribution in [0.5, 0.6) is 0 Å². The van der Waals surface area contributed by atoms with Gasteiger partial charge in [-0.15, -0.1) is 0 Å². The van der Waals surface area contributed by atoms with Crippen molar-refractivity contribution in [2.45, 2.75) is 76.1 Å². The normalized spacial score (nSPS) is 19.8. The van der Waals surface area contributed by atoms with Crippen molar-refractivity contribution in [3.63, 3.8) is 0 Å². The Morgan fingerprint density at radius 1 is 1.11 bits per heavy atom. The molecule has 0 spiro atoms. The average Bonchev–Trinajstić information content (AvgIpc) is 3.13. The molecule has 2 aliphatic rings. The van der Waals surface area contributed by atoms with Crippen LogP contribution >= 0.6 is 0 Å². The van der Waals surface area contributed by atoms with Crippen molar-refractivity contribution in [3.8, 4) is 11.8 Å². The number of likely N-dealkylation sites (N-methyl/N-ethyl adjacent to an activating group) is 1. The monoisotopic (exact) mass is 796 g/mol. The fraction of sp³-hybridized carbons (Fsp3) is 0.450. The Balaban J connectivity index is 1.69. The maximum Gasteiger partial charge on any atom is 0.416 e. The van der Waals surface area contributed by atoms with E-state index in [9.17, 15) is 41.0 Å². The summed E-state index contributed by atoms with van der Waals surface area (Å²) in [5, 5.41) is 14.1. The lowest BCUT2D eigenvalue weighted by molar-refractivity contribution is -0.137. The Hall–Kier alpha value is -4.56. The van der Waals surface area contributed by atoms with Crippen molar-refractivity contribution in [3.05, 3.63) is 99.3 Å². The molecule has 3 unspecified atom stereocenters. The zero-order valence-corrected chi connectivity index (χ0v) is 31.3. The zero-order chi connectivity index (χ0) is 41.6. The van der Waals surface area contributed by atoms with Crippen LogP contribution < -0.4 is 11.1 Å². The lowest BCUT2D eigenvalue weighted by Gasteiger charge is -2.46. The van der Waals surface area contributed by atoms with Gasteiger partial charge in [-0.3, -0.25) is 19.4 Å². The first-order valence-electron chi connectivity index (χ1n) is 17.8. The number of Topliss-reactive ketones (excluding diaryl/α,β-unsaturated/α-hetero) is 1. The summed E-state index contributed by atoms with van der Waals surface area (Å²) in [6.07, 6.45) is -9.35. The highest BCUT2D eigenvalue weighted by molar-refractivity contribution is 6.07. The van der Waals surface area contributed by atoms with Crippen LogP contribution in [0.2, 0.25) is 0 Å². The van der Waals surface area contributed by atoms with Crippen LogP contribution in [0, 0.1) is 23.5 Å². The molecule has 8 nitrogen and oxygen atoms in total. The smallest absolute Gasteiger partial charge is 0.405 e. The summed E-state index contributed by atoms with van der Waals surface area (Å²) in [4.78, 5) is 30.1. The minimum atomic E-state index is -4.88. The van der Waals surface area contributed by atoms with E-state index in [1.54, 1.807) is 13.8 Å². The van der Waals surface area contributed by atoms with Crippen LogP contribution in [0.25, 0.3) is 0 Å². The number of nitrogens with two attached hydrogens (primary N) is 1. The van der Waals surface area contributed by atoms with Crippen LogP contribution in [0.15, 0.2) is 65.4 Å². The quantitative estimate of drug-likeness (QED) is 0.0722. The predicted molar refractivity (Wildman–Crippen MR) is 194 cm³/mol. The number of allylic oxidation sites excluding steroid dienone is 3. The van der Waals surface area contributed by atoms with Gasteiger partial charge < -0.3 is 20.9 Å². The lowest BCUT2D eigenvalue weighted by Crippen LogP contribution is -2.59. The molecular weight excluding hydrogens is 752 g/mol. The molecular formula is C40H44F8N4O4. The van der Waals surface area contributed by atoms with E-state index in [2.05, 4.69) is 17.2 Å². The van der Waals surface area contributed by atoms with Crippen LogP contribution in [0.4, 0.5) is 40.8 Å². The summed E-state index contributed by atoms with van der Waals surface area (Å²) < 4.78 is 119. The van der Waals surface area contributed by atoms with E-state index in [0.29, 0.717) is 51.3 Å². The number of carbonyl (C=O) groups excluding carboxylic acids is 2. The Morgan fingerprint density at radius 3 is 2.39 bits per heavy atom. The minimum Gasteiger partial charge on any atom is -0.405 e. The van der Waals surface area contributed by atoms with Crippen molar-refractivity contribution in [1.29, 1.82) is 0 Å². The third kappa shape index (κ3) is 10.2. The van der Waals surface area contributed by atoms with Crippen LogP contribution in [-0.2, 0) is 26.9 Å². The second-order valence-electron chi connectivity index (χ2n) is 14.1. The molecule has 1 fully saturated rings. The van der Waals surface area contributed by atoms with Gasteiger partial charge >= 0.3 is 12.4 Å². The minimum absolute atomic E-state index is 0.0960. The molecule has 0 radical (unpaired) electrons. The van der Waals surface area contributed by atoms with E-state index < -0.39 is 83.0 Å². The molecule has 1 saturated heterocycles. The number of aliphatic hydroxyl groups excluding tert-OH is 1. The van der Waals surface area contributed by atoms with Crippen molar-refractivity contribution >= 4 is 17.8 Å². The Bertz CT molecular complexity index is 1920. The molecule has 2 aromatic carbocycles. The third-order valence-corrected chi connectivity index (χ3v) is 10.2. The molecule has 0 amide bonds. The van der Waals surface area contributed by atoms with Crippen molar-refractivity contribution in [2.75, 3.05) is 45.2 Å². The van der Waals surface area contributed by atoms with E-state index in [0.717, 1.165) is 18.3 Å². The predicted octanol–water partition coefficient (Wildman–Crippen LogP) is 6.64. The third-order valence-electron chi connectivity index (χ3n) is 10.2. The molecule has 0 aliphatic carbocycles. The van der Waals surface area contributed by atoms with Gasteiger partial charge in [0.15, 0.2) is 23.6 Å². The number of hydrogen-bond donors (Lipinski definition) is 3. The highest BCUT2D eigenvalue weighted by Crippen LogP contribution is 2.40. The van der Waals surface area contributed by atoms with Crippen molar-refractivity contribution in [2.24, 2.45) is 5.73 Å². The van der Waals surface area contributed by atoms with E-state index in [1.807, 2.05) is 4.90 Å². The van der Waals surface area contributed by atoms with Crippen LogP contribution in [0.1, 0.15) is 61.8 Å². The first-order chi connectivity index (χ1) is 26.2. The number of aldehydes is 1. The molecule has 56 heavy (non-hydrogen) atoms. The molecule has 2 heterocycles. The first-order valence-corrected chi connectivity index (χ1v) is 17.8. The van der Waals surface area contributed by atoms with Gasteiger partial charge in [0.25, 0.3) is 0 Å². The highest BCUT2D eigenvalue weighted by atomic mass is 19.4. The van der Waals surface area contributed by atoms with Gasteiger partial charge in [-0.05, 0) is 81.7 Å². The number of alkyl halides is 6. The summed E-state index contributed by atoms with van der Waals surface area (Å²) in [6.45, 7) is 7.02. The fourth-order valence-electron chi connectivity index (χ4n) is 6.69. The number of halogens is 8. The van der Waals surface area contributed by atoms with Gasteiger partial charge in [-0.25, -0.2) is 8.78 Å². The van der Waals surface area contributed by atoms with Gasteiger partial charge in [0.05, 0.1) is 42.5 Å². The molecule has 0 bridgehead atoms. The van der Waals surface area contributed by atoms with Gasteiger partial charge in [0, 0.05) is 41.4 Å². The summed E-state index contributed by atoms with van der Waals surface area (Å²) >= 11 is 0. The number of rotatable bonds is 12. The van der Waals surface area contributed by atoms with E-state index in [4.69, 9.17) is 10.5 Å². The van der Waals surface area contributed by atoms with E-state index in [-0.39, 0.29) is 34.4 Å². The van der Waals surface area contributed by atoms with Crippen LogP contribution in [0.3, 0.4) is 0 Å². The molecule has 3 atom stereocenters. The Kier molecular flexibility index (Phi) is 14.3.